The van der Waals surface area contributed by atoms with Crippen molar-refractivity contribution in [3.63, 3.8) is 0 Å². The first-order chi connectivity index (χ1) is 9.65. The molecule has 20 heavy (non-hydrogen) atoms. The van der Waals surface area contributed by atoms with Crippen LogP contribution in [0.5, 0.6) is 5.75 Å². The highest BCUT2D eigenvalue weighted by Crippen LogP contribution is 2.26. The van der Waals surface area contributed by atoms with Crippen LogP contribution < -0.4 is 10.2 Å². The number of esters is 1. The molecule has 0 atom stereocenters. The van der Waals surface area contributed by atoms with Crippen molar-refractivity contribution in [2.24, 2.45) is 0 Å². The Morgan fingerprint density at radius 1 is 1.25 bits per heavy atom. The Morgan fingerprint density at radius 3 is 2.90 bits per heavy atom. The van der Waals surface area contributed by atoms with E-state index >= 15 is 0 Å². The second kappa shape index (κ2) is 4.62. The van der Waals surface area contributed by atoms with Gasteiger partial charge in [0, 0.05) is 18.2 Å². The summed E-state index contributed by atoms with van der Waals surface area (Å²) in [4.78, 5) is 26.8. The molecule has 3 rings (SSSR count). The minimum atomic E-state index is -0.556. The van der Waals surface area contributed by atoms with Gasteiger partial charge in [-0.25, -0.2) is 9.78 Å². The van der Waals surface area contributed by atoms with Crippen LogP contribution in [-0.2, 0) is 4.79 Å². The van der Waals surface area contributed by atoms with E-state index in [1.807, 2.05) is 0 Å². The van der Waals surface area contributed by atoms with Crippen LogP contribution >= 0.6 is 0 Å². The molecule has 0 amide bonds. The SMILES string of the molecule is C=CC(=O)Oc1ccc2nc3ccc(=O)cc-3oc2c1. The molecule has 1 aliphatic carbocycles. The van der Waals surface area contributed by atoms with Gasteiger partial charge in [-0.3, -0.25) is 4.79 Å². The summed E-state index contributed by atoms with van der Waals surface area (Å²) >= 11 is 0. The zero-order chi connectivity index (χ0) is 14.1. The van der Waals surface area contributed by atoms with Gasteiger partial charge < -0.3 is 9.15 Å². The summed E-state index contributed by atoms with van der Waals surface area (Å²) < 4.78 is 10.6. The van der Waals surface area contributed by atoms with Crippen molar-refractivity contribution in [1.29, 1.82) is 0 Å². The number of aromatic nitrogens is 1. The lowest BCUT2D eigenvalue weighted by atomic mass is 10.2. The predicted octanol–water partition coefficient (Wildman–Crippen LogP) is 2.38. The maximum absolute atomic E-state index is 11.3. The van der Waals surface area contributed by atoms with Crippen LogP contribution in [0.2, 0.25) is 0 Å². The van der Waals surface area contributed by atoms with Crippen molar-refractivity contribution >= 4 is 17.1 Å². The molecule has 2 aliphatic rings. The summed E-state index contributed by atoms with van der Waals surface area (Å²) in [5.41, 5.74) is 1.47. The molecule has 0 saturated heterocycles. The molecule has 0 unspecified atom stereocenters. The first-order valence-corrected chi connectivity index (χ1v) is 5.84. The van der Waals surface area contributed by atoms with Crippen molar-refractivity contribution < 1.29 is 13.9 Å². The third-order valence-electron chi connectivity index (χ3n) is 2.71. The Kier molecular flexibility index (Phi) is 2.80. The van der Waals surface area contributed by atoms with Crippen molar-refractivity contribution in [2.45, 2.75) is 0 Å². The number of rotatable bonds is 2. The summed E-state index contributed by atoms with van der Waals surface area (Å²) in [6.45, 7) is 3.32. The maximum Gasteiger partial charge on any atom is 0.335 e. The fourth-order valence-corrected chi connectivity index (χ4v) is 1.81. The van der Waals surface area contributed by atoms with E-state index in [-0.39, 0.29) is 5.43 Å². The molecule has 0 spiro atoms. The Morgan fingerprint density at radius 2 is 2.10 bits per heavy atom. The number of hydrogen-bond donors (Lipinski definition) is 0. The smallest absolute Gasteiger partial charge is 0.335 e. The number of nitrogens with zero attached hydrogens (tertiary/aromatic N) is 1. The summed E-state index contributed by atoms with van der Waals surface area (Å²) in [5, 5.41) is 0. The molecular formula is C15H9NO4. The minimum absolute atomic E-state index is 0.156. The Bertz CT molecular complexity index is 850. The molecule has 0 aromatic heterocycles. The summed E-state index contributed by atoms with van der Waals surface area (Å²) in [6, 6.07) is 9.23. The van der Waals surface area contributed by atoms with Crippen molar-refractivity contribution in [3.8, 4) is 17.2 Å². The molecule has 5 heteroatoms. The van der Waals surface area contributed by atoms with Crippen LogP contribution in [0, 0.1) is 0 Å². The van der Waals surface area contributed by atoms with E-state index in [9.17, 15) is 9.59 Å². The number of carbonyl (C=O) groups excluding carboxylic acids is 1. The largest absolute Gasteiger partial charge is 0.453 e. The van der Waals surface area contributed by atoms with Gasteiger partial charge in [-0.2, -0.15) is 0 Å². The van der Waals surface area contributed by atoms with Crippen LogP contribution in [0.25, 0.3) is 22.6 Å². The highest BCUT2D eigenvalue weighted by atomic mass is 16.5. The highest BCUT2D eigenvalue weighted by Gasteiger charge is 2.10. The lowest BCUT2D eigenvalue weighted by molar-refractivity contribution is -0.128. The maximum atomic E-state index is 11.3. The fourth-order valence-electron chi connectivity index (χ4n) is 1.81. The Labute approximate surface area is 113 Å². The molecule has 0 radical (unpaired) electrons. The van der Waals surface area contributed by atoms with Crippen molar-refractivity contribution in [1.82, 2.24) is 4.98 Å². The van der Waals surface area contributed by atoms with E-state index in [1.54, 1.807) is 24.3 Å². The van der Waals surface area contributed by atoms with Gasteiger partial charge in [0.25, 0.3) is 0 Å². The topological polar surface area (TPSA) is 69.4 Å². The van der Waals surface area contributed by atoms with Crippen molar-refractivity contribution in [2.75, 3.05) is 0 Å². The predicted molar refractivity (Wildman–Crippen MR) is 72.7 cm³/mol. The van der Waals surface area contributed by atoms with E-state index in [4.69, 9.17) is 9.15 Å². The van der Waals surface area contributed by atoms with Gasteiger partial charge in [0.15, 0.2) is 16.8 Å². The first-order valence-electron chi connectivity index (χ1n) is 5.84. The number of benzene rings is 2. The monoisotopic (exact) mass is 267 g/mol. The third-order valence-corrected chi connectivity index (χ3v) is 2.71. The van der Waals surface area contributed by atoms with Crippen molar-refractivity contribution in [3.05, 3.63) is 59.3 Å². The summed E-state index contributed by atoms with van der Waals surface area (Å²) in [7, 11) is 0. The molecule has 5 nitrogen and oxygen atoms in total. The second-order valence-corrected chi connectivity index (χ2v) is 4.10. The van der Waals surface area contributed by atoms with Crippen LogP contribution in [0.3, 0.4) is 0 Å². The van der Waals surface area contributed by atoms with Gasteiger partial charge >= 0.3 is 5.97 Å². The molecule has 0 bridgehead atoms. The van der Waals surface area contributed by atoms with E-state index in [0.29, 0.717) is 28.3 Å². The highest BCUT2D eigenvalue weighted by molar-refractivity contribution is 5.84. The number of ether oxygens (including phenoxy) is 1. The number of carbonyl (C=O) groups is 1. The van der Waals surface area contributed by atoms with Gasteiger partial charge in [0.2, 0.25) is 0 Å². The molecule has 1 aromatic rings. The fraction of sp³-hybridized carbons (Fsp3) is 0. The van der Waals surface area contributed by atoms with E-state index in [1.165, 1.54) is 12.1 Å². The van der Waals surface area contributed by atoms with Gasteiger partial charge in [0.05, 0.1) is 0 Å². The molecule has 1 aliphatic heterocycles. The van der Waals surface area contributed by atoms with E-state index in [2.05, 4.69) is 11.6 Å². The van der Waals surface area contributed by atoms with Crippen LogP contribution in [0.1, 0.15) is 0 Å². The van der Waals surface area contributed by atoms with Gasteiger partial charge in [-0.05, 0) is 24.3 Å². The molecule has 0 saturated carbocycles. The van der Waals surface area contributed by atoms with Crippen LogP contribution in [-0.4, -0.2) is 11.0 Å². The zero-order valence-electron chi connectivity index (χ0n) is 10.3. The minimum Gasteiger partial charge on any atom is -0.453 e. The molecule has 98 valence electrons. The van der Waals surface area contributed by atoms with Crippen LogP contribution in [0.15, 0.2) is 58.3 Å². The quantitative estimate of drug-likeness (QED) is 0.308. The van der Waals surface area contributed by atoms with Gasteiger partial charge in [-0.15, -0.1) is 0 Å². The second-order valence-electron chi connectivity index (χ2n) is 4.10. The lowest BCUT2D eigenvalue weighted by Gasteiger charge is -2.06. The average Bonchev–Trinajstić information content (AvgIpc) is 2.45. The standard InChI is InChI=1S/C15H9NO4/c1-2-15(18)19-10-4-6-12-14(8-10)20-13-7-9(17)3-5-11(13)16-12/h2-8H,1H2. The third kappa shape index (κ3) is 2.16. The molecule has 1 heterocycles. The number of hydrogen-bond acceptors (Lipinski definition) is 5. The average molecular weight is 267 g/mol. The lowest BCUT2D eigenvalue weighted by Crippen LogP contribution is -2.03. The van der Waals surface area contributed by atoms with Gasteiger partial charge in [0.1, 0.15) is 17.0 Å². The molecule has 0 N–H and O–H groups in total. The first kappa shape index (κ1) is 12.1. The Balaban J connectivity index is 2.16. The van der Waals surface area contributed by atoms with Gasteiger partial charge in [-0.1, -0.05) is 6.58 Å². The molecular weight excluding hydrogens is 258 g/mol. The number of fused-ring (bicyclic) bond motifs is 2. The Hall–Kier alpha value is -2.95. The zero-order valence-corrected chi connectivity index (χ0v) is 10.3. The van der Waals surface area contributed by atoms with Crippen LogP contribution in [0.4, 0.5) is 0 Å². The molecule has 0 fully saturated rings. The molecule has 1 aromatic carbocycles. The van der Waals surface area contributed by atoms with E-state index in [0.717, 1.165) is 6.08 Å². The van der Waals surface area contributed by atoms with E-state index < -0.39 is 5.97 Å². The summed E-state index contributed by atoms with van der Waals surface area (Å²) in [5.74, 6) is 0.155. The summed E-state index contributed by atoms with van der Waals surface area (Å²) in [6.07, 6.45) is 1.07. The normalized spacial score (nSPS) is 10.6.